The third-order valence-electron chi connectivity index (χ3n) is 4.08. The maximum atomic E-state index is 11.4. The molecule has 0 unspecified atom stereocenters. The zero-order valence-corrected chi connectivity index (χ0v) is 11.7. The number of aromatic nitrogens is 1. The first-order valence-electron chi connectivity index (χ1n) is 6.97. The van der Waals surface area contributed by atoms with E-state index in [1.165, 1.54) is 22.2 Å². The van der Waals surface area contributed by atoms with Crippen LogP contribution in [0.5, 0.6) is 0 Å². The molecule has 0 atom stereocenters. The monoisotopic (exact) mass is 272 g/mol. The molecule has 1 aromatic heterocycles. The molecule has 0 radical (unpaired) electrons. The number of nitrogens with two attached hydrogens (primary N) is 1. The maximum Gasteiger partial charge on any atom is 0.235 e. The average Bonchev–Trinajstić information content (AvgIpc) is 2.78. The van der Waals surface area contributed by atoms with Crippen molar-refractivity contribution in [1.29, 1.82) is 0 Å². The molecule has 5 nitrogen and oxygen atoms in total. The molecule has 0 fully saturated rings. The third-order valence-corrected chi connectivity index (χ3v) is 4.08. The van der Waals surface area contributed by atoms with E-state index in [1.807, 2.05) is 0 Å². The van der Waals surface area contributed by atoms with Gasteiger partial charge in [0, 0.05) is 49.1 Å². The van der Waals surface area contributed by atoms with Crippen LogP contribution < -0.4 is 11.3 Å². The fraction of sp³-hybridized carbons (Fsp3) is 0.400. The van der Waals surface area contributed by atoms with E-state index in [0.29, 0.717) is 13.0 Å². The van der Waals surface area contributed by atoms with Crippen LogP contribution >= 0.6 is 0 Å². The van der Waals surface area contributed by atoms with Gasteiger partial charge in [0.15, 0.2) is 0 Å². The van der Waals surface area contributed by atoms with Gasteiger partial charge in [-0.25, -0.2) is 5.84 Å². The Morgan fingerprint density at radius 2 is 2.20 bits per heavy atom. The molecule has 1 amide bonds. The Hall–Kier alpha value is -1.85. The molecule has 20 heavy (non-hydrogen) atoms. The number of likely N-dealkylation sites (N-methyl/N-ethyl adjacent to an activating group) is 1. The van der Waals surface area contributed by atoms with Gasteiger partial charge in [0.25, 0.3) is 0 Å². The van der Waals surface area contributed by atoms with Crippen LogP contribution in [-0.2, 0) is 24.3 Å². The maximum absolute atomic E-state index is 11.4. The largest absolute Gasteiger partial charge is 0.344 e. The molecule has 1 aliphatic heterocycles. The van der Waals surface area contributed by atoms with Crippen molar-refractivity contribution < 1.29 is 4.79 Å². The minimum atomic E-state index is -0.121. The van der Waals surface area contributed by atoms with E-state index in [1.54, 1.807) is 0 Å². The van der Waals surface area contributed by atoms with Gasteiger partial charge in [-0.15, -0.1) is 0 Å². The molecule has 0 saturated carbocycles. The number of rotatable bonds is 3. The molecule has 5 heteroatoms. The first-order valence-corrected chi connectivity index (χ1v) is 6.97. The number of para-hydroxylation sites is 1. The van der Waals surface area contributed by atoms with E-state index in [0.717, 1.165) is 19.5 Å². The summed E-state index contributed by atoms with van der Waals surface area (Å²) in [4.78, 5) is 13.7. The number of hydrogen-bond acceptors (Lipinski definition) is 3. The number of amides is 1. The summed E-state index contributed by atoms with van der Waals surface area (Å²) in [6.45, 7) is 2.72. The first-order chi connectivity index (χ1) is 9.70. The Labute approximate surface area is 118 Å². The quantitative estimate of drug-likeness (QED) is 0.498. The minimum Gasteiger partial charge on any atom is -0.344 e. The second kappa shape index (κ2) is 5.26. The van der Waals surface area contributed by atoms with Gasteiger partial charge in [0.2, 0.25) is 5.91 Å². The van der Waals surface area contributed by atoms with Gasteiger partial charge >= 0.3 is 0 Å². The Kier molecular flexibility index (Phi) is 3.46. The molecule has 0 aliphatic carbocycles. The molecule has 1 aliphatic rings. The molecule has 2 aromatic rings. The summed E-state index contributed by atoms with van der Waals surface area (Å²) in [5.74, 6) is 5.04. The van der Waals surface area contributed by atoms with Gasteiger partial charge in [-0.2, -0.15) is 0 Å². The van der Waals surface area contributed by atoms with Crippen molar-refractivity contribution in [3.05, 3.63) is 35.5 Å². The molecule has 3 N–H and O–H groups in total. The predicted octanol–water partition coefficient (Wildman–Crippen LogP) is 1.01. The SMILES string of the molecule is CN1CCc2c(c3ccccc3n2CCC(=O)NN)C1. The lowest BCUT2D eigenvalue weighted by Gasteiger charge is -2.24. The van der Waals surface area contributed by atoms with E-state index in [-0.39, 0.29) is 5.91 Å². The van der Waals surface area contributed by atoms with Crippen LogP contribution in [0.2, 0.25) is 0 Å². The summed E-state index contributed by atoms with van der Waals surface area (Å²) in [7, 11) is 2.15. The summed E-state index contributed by atoms with van der Waals surface area (Å²) in [5.41, 5.74) is 6.20. The standard InChI is InChI=1S/C15H20N4O/c1-18-8-6-14-12(10-18)11-4-2-3-5-13(11)19(14)9-7-15(20)17-16/h2-5H,6-10,16H2,1H3,(H,17,20). The Morgan fingerprint density at radius 1 is 1.40 bits per heavy atom. The number of nitrogens with zero attached hydrogens (tertiary/aromatic N) is 2. The Bertz CT molecular complexity index is 647. The fourth-order valence-corrected chi connectivity index (χ4v) is 3.08. The van der Waals surface area contributed by atoms with Crippen molar-refractivity contribution in [2.45, 2.75) is 25.9 Å². The molecular weight excluding hydrogens is 252 g/mol. The molecule has 106 valence electrons. The summed E-state index contributed by atoms with van der Waals surface area (Å²) >= 11 is 0. The van der Waals surface area contributed by atoms with Crippen LogP contribution in [0.15, 0.2) is 24.3 Å². The smallest absolute Gasteiger partial charge is 0.235 e. The molecule has 0 bridgehead atoms. The van der Waals surface area contributed by atoms with Crippen LogP contribution in [0.4, 0.5) is 0 Å². The molecule has 1 aromatic carbocycles. The second-order valence-corrected chi connectivity index (χ2v) is 5.40. The summed E-state index contributed by atoms with van der Waals surface area (Å²) in [6, 6.07) is 8.44. The van der Waals surface area contributed by atoms with Crippen LogP contribution in [-0.4, -0.2) is 29.0 Å². The van der Waals surface area contributed by atoms with Gasteiger partial charge in [0.05, 0.1) is 0 Å². The van der Waals surface area contributed by atoms with Gasteiger partial charge < -0.3 is 9.47 Å². The van der Waals surface area contributed by atoms with E-state index >= 15 is 0 Å². The van der Waals surface area contributed by atoms with Crippen LogP contribution in [0.1, 0.15) is 17.7 Å². The van der Waals surface area contributed by atoms with Crippen molar-refractivity contribution in [2.75, 3.05) is 13.6 Å². The third kappa shape index (κ3) is 2.19. The second-order valence-electron chi connectivity index (χ2n) is 5.40. The topological polar surface area (TPSA) is 63.3 Å². The highest BCUT2D eigenvalue weighted by atomic mass is 16.2. The number of hydrazine groups is 1. The van der Waals surface area contributed by atoms with Crippen molar-refractivity contribution in [3.63, 3.8) is 0 Å². The van der Waals surface area contributed by atoms with Crippen molar-refractivity contribution in [2.24, 2.45) is 5.84 Å². The first kappa shape index (κ1) is 13.1. The lowest BCUT2D eigenvalue weighted by molar-refractivity contribution is -0.121. The van der Waals surface area contributed by atoms with Gasteiger partial charge in [-0.05, 0) is 18.7 Å². The highest BCUT2D eigenvalue weighted by Crippen LogP contribution is 2.30. The van der Waals surface area contributed by atoms with Crippen LogP contribution in [0, 0.1) is 0 Å². The Balaban J connectivity index is 2.04. The lowest BCUT2D eigenvalue weighted by atomic mass is 10.1. The minimum absolute atomic E-state index is 0.121. The Morgan fingerprint density at radius 3 is 3.00 bits per heavy atom. The predicted molar refractivity (Wildman–Crippen MR) is 78.9 cm³/mol. The highest BCUT2D eigenvalue weighted by molar-refractivity contribution is 5.86. The number of nitrogens with one attached hydrogen (secondary N) is 1. The fourth-order valence-electron chi connectivity index (χ4n) is 3.08. The summed E-state index contributed by atoms with van der Waals surface area (Å²) in [6.07, 6.45) is 1.45. The molecule has 3 rings (SSSR count). The zero-order valence-electron chi connectivity index (χ0n) is 11.7. The normalized spacial score (nSPS) is 15.3. The number of carbonyl (C=O) groups excluding carboxylic acids is 1. The van der Waals surface area contributed by atoms with E-state index < -0.39 is 0 Å². The number of aryl methyl sites for hydroxylation is 1. The van der Waals surface area contributed by atoms with E-state index in [4.69, 9.17) is 5.84 Å². The van der Waals surface area contributed by atoms with Crippen LogP contribution in [0.25, 0.3) is 10.9 Å². The molecule has 0 spiro atoms. The lowest BCUT2D eigenvalue weighted by Crippen LogP contribution is -2.31. The van der Waals surface area contributed by atoms with Gasteiger partial charge in [-0.1, -0.05) is 18.2 Å². The zero-order chi connectivity index (χ0) is 14.1. The molecule has 2 heterocycles. The number of hydrogen-bond donors (Lipinski definition) is 2. The molecule has 0 saturated heterocycles. The highest BCUT2D eigenvalue weighted by Gasteiger charge is 2.22. The number of fused-ring (bicyclic) bond motifs is 3. The van der Waals surface area contributed by atoms with Gasteiger partial charge in [0.1, 0.15) is 0 Å². The van der Waals surface area contributed by atoms with E-state index in [9.17, 15) is 4.79 Å². The van der Waals surface area contributed by atoms with Crippen molar-refractivity contribution >= 4 is 16.8 Å². The molecular formula is C15H20N4O. The average molecular weight is 272 g/mol. The van der Waals surface area contributed by atoms with Crippen molar-refractivity contribution in [3.8, 4) is 0 Å². The summed E-state index contributed by atoms with van der Waals surface area (Å²) in [5, 5.41) is 1.31. The van der Waals surface area contributed by atoms with E-state index in [2.05, 4.69) is 46.2 Å². The summed E-state index contributed by atoms with van der Waals surface area (Å²) < 4.78 is 2.28. The van der Waals surface area contributed by atoms with Gasteiger partial charge in [-0.3, -0.25) is 10.2 Å². The number of carbonyl (C=O) groups is 1. The van der Waals surface area contributed by atoms with Crippen LogP contribution in [0.3, 0.4) is 0 Å². The van der Waals surface area contributed by atoms with Crippen molar-refractivity contribution in [1.82, 2.24) is 14.9 Å². The number of benzene rings is 1.